The van der Waals surface area contributed by atoms with Gasteiger partial charge < -0.3 is 0 Å². The number of nitro groups is 1. The third-order valence-corrected chi connectivity index (χ3v) is 3.90. The zero-order valence-corrected chi connectivity index (χ0v) is 11.8. The van der Waals surface area contributed by atoms with Crippen molar-refractivity contribution >= 4 is 5.69 Å². The predicted molar refractivity (Wildman–Crippen MR) is 74.0 cm³/mol. The Balaban J connectivity index is 2.13. The van der Waals surface area contributed by atoms with Crippen LogP contribution in [0.3, 0.4) is 0 Å². The smallest absolute Gasteiger partial charge is 0.278 e. The molecule has 0 N–H and O–H groups in total. The highest BCUT2D eigenvalue weighted by Gasteiger charge is 2.23. The Labute approximate surface area is 118 Å². The van der Waals surface area contributed by atoms with Gasteiger partial charge >= 0.3 is 0 Å². The van der Waals surface area contributed by atoms with Crippen LogP contribution in [0.2, 0.25) is 0 Å². The summed E-state index contributed by atoms with van der Waals surface area (Å²) in [5.41, 5.74) is 2.18. The maximum absolute atomic E-state index is 11.1. The van der Waals surface area contributed by atoms with Crippen molar-refractivity contribution in [1.29, 1.82) is 5.26 Å². The number of nitriles is 1. The number of aromatic nitrogens is 1. The van der Waals surface area contributed by atoms with Gasteiger partial charge in [0.05, 0.1) is 16.7 Å². The Morgan fingerprint density at radius 2 is 2.15 bits per heavy atom. The van der Waals surface area contributed by atoms with Gasteiger partial charge in [0.15, 0.2) is 0 Å². The van der Waals surface area contributed by atoms with Crippen molar-refractivity contribution in [3.63, 3.8) is 0 Å². The lowest BCUT2D eigenvalue weighted by Crippen LogP contribution is -2.33. The lowest BCUT2D eigenvalue weighted by atomic mass is 9.98. The molecule has 0 radical (unpaired) electrons. The fourth-order valence-electron chi connectivity index (χ4n) is 2.64. The normalized spacial score (nSPS) is 16.9. The Morgan fingerprint density at radius 1 is 1.50 bits per heavy atom. The second-order valence-corrected chi connectivity index (χ2v) is 5.30. The van der Waals surface area contributed by atoms with Crippen LogP contribution in [0.25, 0.3) is 0 Å². The SMILES string of the molecule is Cc1cnc(CN2CCC(C#N)CC2)c(C)c1[N+](=O)[O-]. The maximum atomic E-state index is 11.1. The standard InChI is InChI=1S/C14H18N4O2/c1-10-8-16-13(11(2)14(10)18(19)20)9-17-5-3-12(7-15)4-6-17/h8,12H,3-6,9H2,1-2H3. The molecule has 0 aromatic carbocycles. The molecule has 0 saturated carbocycles. The molecule has 0 bridgehead atoms. The van der Waals surface area contributed by atoms with Crippen LogP contribution in [0, 0.1) is 41.2 Å². The van der Waals surface area contributed by atoms with E-state index in [2.05, 4.69) is 16.0 Å². The van der Waals surface area contributed by atoms with Gasteiger partial charge in [0.1, 0.15) is 0 Å². The Hall–Kier alpha value is -2.00. The monoisotopic (exact) mass is 274 g/mol. The van der Waals surface area contributed by atoms with E-state index >= 15 is 0 Å². The molecular formula is C14H18N4O2. The van der Waals surface area contributed by atoms with Gasteiger partial charge in [-0.2, -0.15) is 5.26 Å². The van der Waals surface area contributed by atoms with Crippen LogP contribution in [-0.4, -0.2) is 27.9 Å². The van der Waals surface area contributed by atoms with Gasteiger partial charge in [-0.3, -0.25) is 20.0 Å². The van der Waals surface area contributed by atoms with E-state index in [0.29, 0.717) is 17.7 Å². The van der Waals surface area contributed by atoms with Crippen molar-refractivity contribution in [2.75, 3.05) is 13.1 Å². The number of hydrogen-bond acceptors (Lipinski definition) is 5. The minimum Gasteiger partial charge on any atom is -0.297 e. The van der Waals surface area contributed by atoms with Gasteiger partial charge in [-0.15, -0.1) is 0 Å². The maximum Gasteiger partial charge on any atom is 0.278 e. The van der Waals surface area contributed by atoms with Crippen LogP contribution in [0.5, 0.6) is 0 Å². The van der Waals surface area contributed by atoms with Crippen LogP contribution in [0.1, 0.15) is 29.7 Å². The molecule has 1 aromatic heterocycles. The number of piperidine rings is 1. The first-order valence-corrected chi connectivity index (χ1v) is 6.74. The molecule has 1 saturated heterocycles. The van der Waals surface area contributed by atoms with E-state index in [1.54, 1.807) is 20.0 Å². The van der Waals surface area contributed by atoms with E-state index in [9.17, 15) is 10.1 Å². The molecule has 6 nitrogen and oxygen atoms in total. The van der Waals surface area contributed by atoms with E-state index in [0.717, 1.165) is 31.6 Å². The minimum atomic E-state index is -0.336. The molecular weight excluding hydrogens is 256 g/mol. The molecule has 0 aliphatic carbocycles. The quantitative estimate of drug-likeness (QED) is 0.624. The summed E-state index contributed by atoms with van der Waals surface area (Å²) in [6, 6.07) is 2.30. The summed E-state index contributed by atoms with van der Waals surface area (Å²) in [4.78, 5) is 17.3. The molecule has 0 unspecified atom stereocenters. The highest BCUT2D eigenvalue weighted by Crippen LogP contribution is 2.26. The molecule has 1 fully saturated rings. The molecule has 1 aliphatic heterocycles. The van der Waals surface area contributed by atoms with Gasteiger partial charge in [-0.1, -0.05) is 0 Å². The van der Waals surface area contributed by atoms with Crippen LogP contribution < -0.4 is 0 Å². The predicted octanol–water partition coefficient (Wildman–Crippen LogP) is 2.34. The Bertz CT molecular complexity index is 557. The molecule has 1 aromatic rings. The minimum absolute atomic E-state index is 0.146. The van der Waals surface area contributed by atoms with Gasteiger partial charge in [-0.05, 0) is 39.8 Å². The zero-order valence-electron chi connectivity index (χ0n) is 11.8. The summed E-state index contributed by atoms with van der Waals surface area (Å²) in [5.74, 6) is 0.146. The Kier molecular flexibility index (Phi) is 4.30. The number of pyridine rings is 1. The van der Waals surface area contributed by atoms with Crippen molar-refractivity contribution in [3.8, 4) is 6.07 Å². The second kappa shape index (κ2) is 5.97. The molecule has 6 heteroatoms. The summed E-state index contributed by atoms with van der Waals surface area (Å²) in [5, 5.41) is 20.0. The van der Waals surface area contributed by atoms with E-state index in [-0.39, 0.29) is 16.5 Å². The van der Waals surface area contributed by atoms with Crippen molar-refractivity contribution in [2.24, 2.45) is 5.92 Å². The largest absolute Gasteiger partial charge is 0.297 e. The fraction of sp³-hybridized carbons (Fsp3) is 0.571. The summed E-state index contributed by atoms with van der Waals surface area (Å²) in [7, 11) is 0. The average Bonchev–Trinajstić information content (AvgIpc) is 2.42. The summed E-state index contributed by atoms with van der Waals surface area (Å²) in [6.07, 6.45) is 3.30. The van der Waals surface area contributed by atoms with E-state index < -0.39 is 0 Å². The molecule has 0 spiro atoms. The summed E-state index contributed by atoms with van der Waals surface area (Å²) >= 11 is 0. The number of aryl methyl sites for hydroxylation is 1. The van der Waals surface area contributed by atoms with E-state index in [1.165, 1.54) is 0 Å². The first-order chi connectivity index (χ1) is 9.52. The van der Waals surface area contributed by atoms with E-state index in [1.807, 2.05) is 0 Å². The summed E-state index contributed by atoms with van der Waals surface area (Å²) in [6.45, 7) is 5.78. The van der Waals surface area contributed by atoms with Crippen LogP contribution in [-0.2, 0) is 6.54 Å². The molecule has 0 atom stereocenters. The second-order valence-electron chi connectivity index (χ2n) is 5.30. The van der Waals surface area contributed by atoms with Crippen LogP contribution >= 0.6 is 0 Å². The van der Waals surface area contributed by atoms with E-state index in [4.69, 9.17) is 5.26 Å². The lowest BCUT2D eigenvalue weighted by molar-refractivity contribution is -0.386. The third-order valence-electron chi connectivity index (χ3n) is 3.90. The molecule has 2 rings (SSSR count). The van der Waals surface area contributed by atoms with Gasteiger partial charge in [0.2, 0.25) is 0 Å². The molecule has 2 heterocycles. The van der Waals surface area contributed by atoms with Crippen LogP contribution in [0.4, 0.5) is 5.69 Å². The number of likely N-dealkylation sites (tertiary alicyclic amines) is 1. The molecule has 0 amide bonds. The molecule has 1 aliphatic rings. The first-order valence-electron chi connectivity index (χ1n) is 6.74. The average molecular weight is 274 g/mol. The van der Waals surface area contributed by atoms with Gasteiger partial charge in [-0.25, -0.2) is 0 Å². The van der Waals surface area contributed by atoms with Gasteiger partial charge in [0.25, 0.3) is 5.69 Å². The zero-order chi connectivity index (χ0) is 14.7. The van der Waals surface area contributed by atoms with Crippen molar-refractivity contribution in [1.82, 2.24) is 9.88 Å². The Morgan fingerprint density at radius 3 is 2.70 bits per heavy atom. The fourth-order valence-corrected chi connectivity index (χ4v) is 2.64. The molecule has 106 valence electrons. The van der Waals surface area contributed by atoms with Crippen molar-refractivity contribution < 1.29 is 4.92 Å². The highest BCUT2D eigenvalue weighted by atomic mass is 16.6. The number of rotatable bonds is 3. The highest BCUT2D eigenvalue weighted by molar-refractivity contribution is 5.47. The summed E-state index contributed by atoms with van der Waals surface area (Å²) < 4.78 is 0. The number of hydrogen-bond donors (Lipinski definition) is 0. The van der Waals surface area contributed by atoms with Gasteiger partial charge in [0, 0.05) is 29.8 Å². The van der Waals surface area contributed by atoms with Crippen molar-refractivity contribution in [2.45, 2.75) is 33.2 Å². The van der Waals surface area contributed by atoms with Crippen LogP contribution in [0.15, 0.2) is 6.20 Å². The number of nitrogens with zero attached hydrogens (tertiary/aromatic N) is 4. The first kappa shape index (κ1) is 14.4. The third kappa shape index (κ3) is 2.94. The molecule has 20 heavy (non-hydrogen) atoms. The van der Waals surface area contributed by atoms with Crippen molar-refractivity contribution in [3.05, 3.63) is 33.1 Å². The topological polar surface area (TPSA) is 83.1 Å². The lowest BCUT2D eigenvalue weighted by Gasteiger charge is -2.29.